The van der Waals surface area contributed by atoms with Crippen molar-refractivity contribution in [2.75, 3.05) is 71.3 Å². The molecular weight excluding hydrogens is 694 g/mol. The number of anilines is 1. The fourth-order valence-corrected chi connectivity index (χ4v) is 4.22. The number of hydrogen-bond acceptors (Lipinski definition) is 12. The number of nitrogens with two attached hydrogens (primary N) is 1. The van der Waals surface area contributed by atoms with E-state index in [0.29, 0.717) is 51.6 Å². The number of nitrogens with one attached hydrogen (secondary N) is 4. The van der Waals surface area contributed by atoms with Gasteiger partial charge in [-0.1, -0.05) is 47.6 Å². The number of ether oxygens (including phenoxy) is 5. The SMILES string of the molecule is CC(C)C(=O)CCOCCOCCOCCOCCC(=O)NC(C(=O)NCC(=O)Nc1ccc(COC(=O)C(C)C)c(C(=O)NCC(N)=O)c1)C(C)C. The van der Waals surface area contributed by atoms with E-state index in [1.165, 1.54) is 18.2 Å². The second-order valence-corrected chi connectivity index (χ2v) is 12.9. The molecule has 0 aliphatic carbocycles. The van der Waals surface area contributed by atoms with Crippen LogP contribution in [0.1, 0.15) is 70.3 Å². The highest BCUT2D eigenvalue weighted by Gasteiger charge is 2.24. The predicted molar refractivity (Wildman–Crippen MR) is 193 cm³/mol. The van der Waals surface area contributed by atoms with E-state index in [9.17, 15) is 33.6 Å². The van der Waals surface area contributed by atoms with Crippen LogP contribution < -0.4 is 27.0 Å². The molecule has 298 valence electrons. The molecule has 53 heavy (non-hydrogen) atoms. The fraction of sp³-hybridized carbons (Fsp3) is 0.639. The largest absolute Gasteiger partial charge is 0.461 e. The Morgan fingerprint density at radius 1 is 0.679 bits per heavy atom. The number of ketones is 1. The maximum Gasteiger partial charge on any atom is 0.308 e. The van der Waals surface area contributed by atoms with Crippen LogP contribution >= 0.6 is 0 Å². The molecule has 17 heteroatoms. The van der Waals surface area contributed by atoms with Gasteiger partial charge in [0, 0.05) is 35.6 Å². The zero-order chi connectivity index (χ0) is 39.8. The first-order valence-electron chi connectivity index (χ1n) is 17.7. The third kappa shape index (κ3) is 21.0. The molecule has 17 nitrogen and oxygen atoms in total. The summed E-state index contributed by atoms with van der Waals surface area (Å²) in [7, 11) is 0. The summed E-state index contributed by atoms with van der Waals surface area (Å²) in [6.45, 7) is 12.0. The molecule has 1 aromatic carbocycles. The number of Topliss-reactive ketones (excluding diaryl/α,β-unsaturated/α-hetero) is 1. The second kappa shape index (κ2) is 26.3. The first kappa shape index (κ1) is 46.6. The minimum atomic E-state index is -0.917. The molecule has 6 N–H and O–H groups in total. The molecule has 1 unspecified atom stereocenters. The number of benzene rings is 1. The van der Waals surface area contributed by atoms with Crippen molar-refractivity contribution < 1.29 is 57.2 Å². The Balaban J connectivity index is 2.43. The summed E-state index contributed by atoms with van der Waals surface area (Å²) in [5, 5.41) is 10.1. The van der Waals surface area contributed by atoms with Crippen LogP contribution in [-0.2, 0) is 59.1 Å². The third-order valence-corrected chi connectivity index (χ3v) is 7.32. The van der Waals surface area contributed by atoms with E-state index < -0.39 is 54.6 Å². The van der Waals surface area contributed by atoms with E-state index in [2.05, 4.69) is 21.3 Å². The van der Waals surface area contributed by atoms with Crippen molar-refractivity contribution in [3.63, 3.8) is 0 Å². The number of carbonyl (C=O) groups is 7. The Morgan fingerprint density at radius 2 is 1.25 bits per heavy atom. The van der Waals surface area contributed by atoms with Gasteiger partial charge in [-0.3, -0.25) is 33.6 Å². The molecule has 0 aliphatic heterocycles. The quantitative estimate of drug-likeness (QED) is 0.0592. The number of primary amides is 1. The Hall–Kier alpha value is -4.45. The summed E-state index contributed by atoms with van der Waals surface area (Å²) in [4.78, 5) is 85.5. The first-order valence-corrected chi connectivity index (χ1v) is 17.7. The standard InChI is InChI=1S/C36H57N5O12/c1-23(2)29(42)9-11-49-13-15-51-17-18-52-16-14-50-12-10-31(44)41-33(24(3)4)35(47)39-21-32(45)40-27-8-7-26(22-53-36(48)25(5)6)28(19-27)34(46)38-20-30(37)43/h7-8,19,23-25,33H,9-18,20-22H2,1-6H3,(H2,37,43)(H,38,46)(H,39,47)(H,40,45)(H,41,44). The van der Waals surface area contributed by atoms with E-state index in [4.69, 9.17) is 29.4 Å². The summed E-state index contributed by atoms with van der Waals surface area (Å²) >= 11 is 0. The van der Waals surface area contributed by atoms with Gasteiger partial charge in [0.15, 0.2) is 0 Å². The molecule has 0 saturated carbocycles. The van der Waals surface area contributed by atoms with E-state index in [1.807, 2.05) is 13.8 Å². The van der Waals surface area contributed by atoms with Crippen LogP contribution in [0.3, 0.4) is 0 Å². The molecule has 1 aromatic rings. The van der Waals surface area contributed by atoms with Gasteiger partial charge in [0.2, 0.25) is 23.6 Å². The van der Waals surface area contributed by atoms with Crippen molar-refractivity contribution >= 4 is 47.0 Å². The maximum absolute atomic E-state index is 12.9. The van der Waals surface area contributed by atoms with Crippen LogP contribution in [0.15, 0.2) is 18.2 Å². The molecule has 0 bridgehead atoms. The van der Waals surface area contributed by atoms with Gasteiger partial charge in [-0.05, 0) is 18.1 Å². The molecule has 5 amide bonds. The molecule has 0 aromatic heterocycles. The number of hydrogen-bond donors (Lipinski definition) is 5. The van der Waals surface area contributed by atoms with Crippen LogP contribution in [-0.4, -0.2) is 113 Å². The highest BCUT2D eigenvalue weighted by Crippen LogP contribution is 2.18. The van der Waals surface area contributed by atoms with Gasteiger partial charge in [0.25, 0.3) is 5.91 Å². The van der Waals surface area contributed by atoms with Crippen LogP contribution in [0.25, 0.3) is 0 Å². The van der Waals surface area contributed by atoms with Gasteiger partial charge in [0.05, 0.1) is 71.9 Å². The average molecular weight is 752 g/mol. The molecule has 0 spiro atoms. The highest BCUT2D eigenvalue weighted by atomic mass is 16.6. The molecule has 1 atom stereocenters. The molecule has 0 saturated heterocycles. The number of carbonyl (C=O) groups excluding carboxylic acids is 7. The number of amides is 5. The highest BCUT2D eigenvalue weighted by molar-refractivity contribution is 6.00. The molecule has 0 heterocycles. The number of esters is 1. The van der Waals surface area contributed by atoms with Crippen LogP contribution in [0, 0.1) is 17.8 Å². The lowest BCUT2D eigenvalue weighted by atomic mass is 10.0. The second-order valence-electron chi connectivity index (χ2n) is 12.9. The van der Waals surface area contributed by atoms with Gasteiger partial charge in [0.1, 0.15) is 18.4 Å². The lowest BCUT2D eigenvalue weighted by molar-refractivity contribution is -0.148. The predicted octanol–water partition coefficient (Wildman–Crippen LogP) is 0.868. The zero-order valence-corrected chi connectivity index (χ0v) is 31.7. The van der Waals surface area contributed by atoms with Crippen molar-refractivity contribution in [3.05, 3.63) is 29.3 Å². The molecule has 1 rings (SSSR count). The van der Waals surface area contributed by atoms with E-state index in [0.717, 1.165) is 0 Å². The maximum atomic E-state index is 12.9. The monoisotopic (exact) mass is 751 g/mol. The molecular formula is C36H57N5O12. The van der Waals surface area contributed by atoms with Gasteiger partial charge in [-0.2, -0.15) is 0 Å². The number of rotatable bonds is 28. The summed E-state index contributed by atoms with van der Waals surface area (Å²) in [6, 6.07) is 3.40. The van der Waals surface area contributed by atoms with E-state index in [1.54, 1.807) is 27.7 Å². The Labute approximate surface area is 311 Å². The van der Waals surface area contributed by atoms with Crippen molar-refractivity contribution in [1.82, 2.24) is 16.0 Å². The Morgan fingerprint density at radius 3 is 1.77 bits per heavy atom. The molecule has 0 aliphatic rings. The van der Waals surface area contributed by atoms with Crippen molar-refractivity contribution in [3.8, 4) is 0 Å². The molecule has 0 radical (unpaired) electrons. The van der Waals surface area contributed by atoms with Gasteiger partial charge in [-0.15, -0.1) is 0 Å². The van der Waals surface area contributed by atoms with Crippen molar-refractivity contribution in [2.24, 2.45) is 23.5 Å². The first-order chi connectivity index (χ1) is 25.1. The van der Waals surface area contributed by atoms with Crippen LogP contribution in [0.4, 0.5) is 5.69 Å². The average Bonchev–Trinajstić information content (AvgIpc) is 3.10. The smallest absolute Gasteiger partial charge is 0.308 e. The summed E-state index contributed by atoms with van der Waals surface area (Å²) < 4.78 is 26.9. The van der Waals surface area contributed by atoms with Crippen molar-refractivity contribution in [1.29, 1.82) is 0 Å². The normalized spacial score (nSPS) is 11.6. The van der Waals surface area contributed by atoms with Crippen molar-refractivity contribution in [2.45, 2.75) is 67.0 Å². The molecule has 0 fully saturated rings. The Bertz CT molecular complexity index is 1350. The van der Waals surface area contributed by atoms with Gasteiger partial charge < -0.3 is 50.7 Å². The minimum absolute atomic E-state index is 0.00484. The van der Waals surface area contributed by atoms with Gasteiger partial charge >= 0.3 is 5.97 Å². The Kier molecular flexibility index (Phi) is 23.1. The lowest BCUT2D eigenvalue weighted by Gasteiger charge is -2.21. The third-order valence-electron chi connectivity index (χ3n) is 7.32. The summed E-state index contributed by atoms with van der Waals surface area (Å²) in [5.41, 5.74) is 5.70. The van der Waals surface area contributed by atoms with E-state index >= 15 is 0 Å². The zero-order valence-electron chi connectivity index (χ0n) is 31.7. The summed E-state index contributed by atoms with van der Waals surface area (Å²) in [6.07, 6.45) is 0.400. The van der Waals surface area contributed by atoms with E-state index in [-0.39, 0.29) is 61.0 Å². The van der Waals surface area contributed by atoms with Crippen LogP contribution in [0.2, 0.25) is 0 Å². The minimum Gasteiger partial charge on any atom is -0.461 e. The van der Waals surface area contributed by atoms with Gasteiger partial charge in [-0.25, -0.2) is 0 Å². The topological polar surface area (TPSA) is 240 Å². The fourth-order valence-electron chi connectivity index (χ4n) is 4.22. The van der Waals surface area contributed by atoms with Crippen LogP contribution in [0.5, 0.6) is 0 Å². The lowest BCUT2D eigenvalue weighted by Crippen LogP contribution is -2.51. The summed E-state index contributed by atoms with van der Waals surface area (Å²) in [5.74, 6) is -4.01.